The first-order valence-electron chi connectivity index (χ1n) is 8.86. The van der Waals surface area contributed by atoms with Crippen LogP contribution >= 0.6 is 23.2 Å². The first kappa shape index (κ1) is 19.2. The number of hydrogen-bond donors (Lipinski definition) is 1. The molecule has 144 valence electrons. The summed E-state index contributed by atoms with van der Waals surface area (Å²) in [6.07, 6.45) is 0. The Hall–Kier alpha value is -3.15. The molecule has 0 saturated heterocycles. The maximum Gasteiger partial charge on any atom is 0.295 e. The van der Waals surface area contributed by atoms with Crippen molar-refractivity contribution in [1.82, 2.24) is 14.8 Å². The standard InChI is InChI=1S/C22H16Cl2N4O/c1-14-3-2-4-18(13-14)25-22(29)20-26-21(15-5-7-16(23)8-6-15)28(27-20)19-11-9-17(24)10-12-19/h2-13H,1H3,(H,25,29). The SMILES string of the molecule is Cc1cccc(NC(=O)c2nc(-c3ccc(Cl)cc3)n(-c3ccc(Cl)cc3)n2)c1. The van der Waals surface area contributed by atoms with Gasteiger partial charge in [0.25, 0.3) is 5.91 Å². The largest absolute Gasteiger partial charge is 0.319 e. The van der Waals surface area contributed by atoms with E-state index >= 15 is 0 Å². The number of amides is 1. The Balaban J connectivity index is 1.75. The molecule has 0 aliphatic rings. The van der Waals surface area contributed by atoms with E-state index in [2.05, 4.69) is 15.4 Å². The van der Waals surface area contributed by atoms with Gasteiger partial charge in [-0.2, -0.15) is 0 Å². The van der Waals surface area contributed by atoms with Crippen molar-refractivity contribution in [3.63, 3.8) is 0 Å². The first-order chi connectivity index (χ1) is 14.0. The summed E-state index contributed by atoms with van der Waals surface area (Å²) in [5.41, 5.74) is 3.25. The van der Waals surface area contributed by atoms with Gasteiger partial charge in [-0.3, -0.25) is 4.79 Å². The summed E-state index contributed by atoms with van der Waals surface area (Å²) >= 11 is 12.0. The molecule has 0 spiro atoms. The number of nitrogens with one attached hydrogen (secondary N) is 1. The molecule has 0 bridgehead atoms. The van der Waals surface area contributed by atoms with E-state index in [4.69, 9.17) is 23.2 Å². The average Bonchev–Trinajstić information content (AvgIpc) is 3.15. The quantitative estimate of drug-likeness (QED) is 0.451. The Morgan fingerprint density at radius 1 is 0.931 bits per heavy atom. The molecule has 0 atom stereocenters. The van der Waals surface area contributed by atoms with Crippen LogP contribution in [0.3, 0.4) is 0 Å². The topological polar surface area (TPSA) is 59.8 Å². The molecule has 1 heterocycles. The molecule has 3 aromatic carbocycles. The van der Waals surface area contributed by atoms with Crippen molar-refractivity contribution in [2.24, 2.45) is 0 Å². The van der Waals surface area contributed by atoms with Crippen LogP contribution in [-0.4, -0.2) is 20.7 Å². The molecule has 0 aliphatic heterocycles. The van der Waals surface area contributed by atoms with Gasteiger partial charge in [0.2, 0.25) is 5.82 Å². The molecule has 0 aliphatic carbocycles. The molecule has 0 saturated carbocycles. The fraction of sp³-hybridized carbons (Fsp3) is 0.0455. The van der Waals surface area contributed by atoms with Gasteiger partial charge in [-0.1, -0.05) is 35.3 Å². The minimum Gasteiger partial charge on any atom is -0.319 e. The molecule has 4 aromatic rings. The van der Waals surface area contributed by atoms with Crippen LogP contribution < -0.4 is 5.32 Å². The Bertz CT molecular complexity index is 1110. The number of halogens is 2. The second-order valence-corrected chi connectivity index (χ2v) is 7.35. The van der Waals surface area contributed by atoms with E-state index in [9.17, 15) is 4.79 Å². The van der Waals surface area contributed by atoms with Crippen LogP contribution in [-0.2, 0) is 0 Å². The van der Waals surface area contributed by atoms with E-state index in [0.29, 0.717) is 21.6 Å². The zero-order valence-corrected chi connectivity index (χ0v) is 16.9. The molecule has 0 fully saturated rings. The van der Waals surface area contributed by atoms with E-state index in [0.717, 1.165) is 16.8 Å². The Morgan fingerprint density at radius 2 is 1.59 bits per heavy atom. The monoisotopic (exact) mass is 422 g/mol. The molecule has 1 amide bonds. The smallest absolute Gasteiger partial charge is 0.295 e. The zero-order chi connectivity index (χ0) is 20.4. The number of hydrogen-bond acceptors (Lipinski definition) is 3. The van der Waals surface area contributed by atoms with Crippen molar-refractivity contribution >= 4 is 34.8 Å². The van der Waals surface area contributed by atoms with Crippen molar-refractivity contribution < 1.29 is 4.79 Å². The van der Waals surface area contributed by atoms with Gasteiger partial charge in [-0.25, -0.2) is 9.67 Å². The number of aromatic nitrogens is 3. The predicted octanol–water partition coefficient (Wildman–Crippen LogP) is 5.80. The van der Waals surface area contributed by atoms with Crippen LogP contribution in [0.1, 0.15) is 16.2 Å². The molecule has 7 heteroatoms. The highest BCUT2D eigenvalue weighted by Crippen LogP contribution is 2.24. The number of nitrogens with zero attached hydrogens (tertiary/aromatic N) is 3. The van der Waals surface area contributed by atoms with Crippen LogP contribution in [0, 0.1) is 6.92 Å². The summed E-state index contributed by atoms with van der Waals surface area (Å²) in [6.45, 7) is 1.96. The Morgan fingerprint density at radius 3 is 2.24 bits per heavy atom. The fourth-order valence-electron chi connectivity index (χ4n) is 2.87. The minimum absolute atomic E-state index is 0.0615. The van der Waals surface area contributed by atoms with Crippen LogP contribution in [0.2, 0.25) is 10.0 Å². The first-order valence-corrected chi connectivity index (χ1v) is 9.62. The third-order valence-electron chi connectivity index (χ3n) is 4.26. The number of carbonyl (C=O) groups is 1. The number of aryl methyl sites for hydroxylation is 1. The van der Waals surface area contributed by atoms with Gasteiger partial charge < -0.3 is 5.32 Å². The summed E-state index contributed by atoms with van der Waals surface area (Å²) in [7, 11) is 0. The third-order valence-corrected chi connectivity index (χ3v) is 4.76. The lowest BCUT2D eigenvalue weighted by molar-refractivity contribution is 0.101. The van der Waals surface area contributed by atoms with Gasteiger partial charge in [0, 0.05) is 21.3 Å². The summed E-state index contributed by atoms with van der Waals surface area (Å²) in [5, 5.41) is 8.51. The summed E-state index contributed by atoms with van der Waals surface area (Å²) in [5.74, 6) is 0.198. The molecular weight excluding hydrogens is 407 g/mol. The van der Waals surface area contributed by atoms with E-state index in [1.54, 1.807) is 28.9 Å². The van der Waals surface area contributed by atoms with Gasteiger partial charge in [0.1, 0.15) is 0 Å². The van der Waals surface area contributed by atoms with E-state index in [-0.39, 0.29) is 5.82 Å². The van der Waals surface area contributed by atoms with E-state index in [1.807, 2.05) is 55.5 Å². The highest BCUT2D eigenvalue weighted by Gasteiger charge is 2.19. The maximum atomic E-state index is 12.8. The number of anilines is 1. The summed E-state index contributed by atoms with van der Waals surface area (Å²) in [4.78, 5) is 17.3. The lowest BCUT2D eigenvalue weighted by Crippen LogP contribution is -2.14. The van der Waals surface area contributed by atoms with Crippen LogP contribution in [0.4, 0.5) is 5.69 Å². The number of benzene rings is 3. The lowest BCUT2D eigenvalue weighted by Gasteiger charge is -2.06. The molecular formula is C22H16Cl2N4O. The summed E-state index contributed by atoms with van der Waals surface area (Å²) < 4.78 is 1.62. The molecule has 0 radical (unpaired) electrons. The fourth-order valence-corrected chi connectivity index (χ4v) is 3.12. The van der Waals surface area contributed by atoms with Crippen molar-refractivity contribution in [2.75, 3.05) is 5.32 Å². The van der Waals surface area contributed by atoms with E-state index < -0.39 is 5.91 Å². The summed E-state index contributed by atoms with van der Waals surface area (Å²) in [6, 6.07) is 21.9. The Labute approximate surface area is 177 Å². The molecule has 1 aromatic heterocycles. The average molecular weight is 423 g/mol. The van der Waals surface area contributed by atoms with E-state index in [1.165, 1.54) is 0 Å². The van der Waals surface area contributed by atoms with Crippen LogP contribution in [0.15, 0.2) is 72.8 Å². The second kappa shape index (κ2) is 8.07. The molecule has 0 unspecified atom stereocenters. The zero-order valence-electron chi connectivity index (χ0n) is 15.4. The molecule has 4 rings (SSSR count). The maximum absolute atomic E-state index is 12.8. The van der Waals surface area contributed by atoms with Gasteiger partial charge in [-0.05, 0) is 73.2 Å². The Kier molecular flexibility index (Phi) is 5.34. The van der Waals surface area contributed by atoms with Crippen molar-refractivity contribution in [3.05, 3.63) is 94.2 Å². The molecule has 29 heavy (non-hydrogen) atoms. The van der Waals surface area contributed by atoms with Crippen LogP contribution in [0.25, 0.3) is 17.1 Å². The highest BCUT2D eigenvalue weighted by molar-refractivity contribution is 6.30. The van der Waals surface area contributed by atoms with Crippen molar-refractivity contribution in [3.8, 4) is 17.1 Å². The third kappa shape index (κ3) is 4.31. The van der Waals surface area contributed by atoms with Crippen LogP contribution in [0.5, 0.6) is 0 Å². The minimum atomic E-state index is -0.390. The van der Waals surface area contributed by atoms with Crippen molar-refractivity contribution in [1.29, 1.82) is 0 Å². The normalized spacial score (nSPS) is 10.7. The predicted molar refractivity (Wildman–Crippen MR) is 116 cm³/mol. The second-order valence-electron chi connectivity index (χ2n) is 6.48. The van der Waals surface area contributed by atoms with Gasteiger partial charge >= 0.3 is 0 Å². The number of rotatable bonds is 4. The van der Waals surface area contributed by atoms with Gasteiger partial charge in [-0.15, -0.1) is 5.10 Å². The molecule has 1 N–H and O–H groups in total. The number of carbonyl (C=O) groups excluding carboxylic acids is 1. The highest BCUT2D eigenvalue weighted by atomic mass is 35.5. The van der Waals surface area contributed by atoms with Gasteiger partial charge in [0.05, 0.1) is 5.69 Å². The van der Waals surface area contributed by atoms with Gasteiger partial charge in [0.15, 0.2) is 5.82 Å². The van der Waals surface area contributed by atoms with Crippen molar-refractivity contribution in [2.45, 2.75) is 6.92 Å². The lowest BCUT2D eigenvalue weighted by atomic mass is 10.2. The molecule has 5 nitrogen and oxygen atoms in total.